The molecule has 3 N–H and O–H groups in total. The Bertz CT molecular complexity index is 855. The van der Waals surface area contributed by atoms with Gasteiger partial charge in [-0.1, -0.05) is 12.1 Å². The number of hydrogen-bond acceptors (Lipinski definition) is 6. The quantitative estimate of drug-likeness (QED) is 0.672. The van der Waals surface area contributed by atoms with E-state index in [9.17, 15) is 9.59 Å². The lowest BCUT2D eigenvalue weighted by molar-refractivity contribution is 0.0832. The third-order valence-corrected chi connectivity index (χ3v) is 3.34. The van der Waals surface area contributed by atoms with Crippen molar-refractivity contribution < 1.29 is 9.59 Å². The van der Waals surface area contributed by atoms with E-state index >= 15 is 0 Å². The van der Waals surface area contributed by atoms with Gasteiger partial charge in [0.1, 0.15) is 0 Å². The van der Waals surface area contributed by atoms with Gasteiger partial charge in [-0.2, -0.15) is 0 Å². The molecule has 0 bridgehead atoms. The molecule has 1 aromatic carbocycles. The lowest BCUT2D eigenvalue weighted by Crippen LogP contribution is -2.39. The SMILES string of the molecule is CNC(=O)N(C)C(=O)c1cnc(Nc2nc3ccccc3[nH]2)nc1. The Morgan fingerprint density at radius 2 is 1.88 bits per heavy atom. The number of carbonyl (C=O) groups is 2. The molecule has 0 saturated heterocycles. The minimum absolute atomic E-state index is 0.205. The largest absolute Gasteiger partial charge is 0.341 e. The van der Waals surface area contributed by atoms with Crippen LogP contribution in [-0.2, 0) is 0 Å². The number of aromatic nitrogens is 4. The van der Waals surface area contributed by atoms with Crippen LogP contribution in [0.15, 0.2) is 36.7 Å². The van der Waals surface area contributed by atoms with Gasteiger partial charge in [0.15, 0.2) is 0 Å². The molecule has 0 aliphatic rings. The van der Waals surface area contributed by atoms with Gasteiger partial charge in [-0.3, -0.25) is 15.0 Å². The zero-order valence-electron chi connectivity index (χ0n) is 13.1. The van der Waals surface area contributed by atoms with E-state index in [0.717, 1.165) is 15.9 Å². The van der Waals surface area contributed by atoms with E-state index in [0.29, 0.717) is 5.95 Å². The Kier molecular flexibility index (Phi) is 4.06. The molecule has 0 atom stereocenters. The first kappa shape index (κ1) is 15.4. The monoisotopic (exact) mass is 325 g/mol. The number of nitrogens with zero attached hydrogens (tertiary/aromatic N) is 4. The highest BCUT2D eigenvalue weighted by molar-refractivity contribution is 6.03. The number of imide groups is 1. The van der Waals surface area contributed by atoms with Gasteiger partial charge in [-0.25, -0.2) is 19.7 Å². The Morgan fingerprint density at radius 3 is 2.54 bits per heavy atom. The summed E-state index contributed by atoms with van der Waals surface area (Å²) >= 11 is 0. The molecular formula is C15H15N7O2. The van der Waals surface area contributed by atoms with Crippen LogP contribution in [0.2, 0.25) is 0 Å². The van der Waals surface area contributed by atoms with E-state index in [-0.39, 0.29) is 11.5 Å². The fraction of sp³-hybridized carbons (Fsp3) is 0.133. The van der Waals surface area contributed by atoms with Crippen molar-refractivity contribution in [2.75, 3.05) is 19.4 Å². The summed E-state index contributed by atoms with van der Waals surface area (Å²) in [6, 6.07) is 7.08. The number of anilines is 2. The molecule has 0 spiro atoms. The summed E-state index contributed by atoms with van der Waals surface area (Å²) in [4.78, 5) is 40.1. The fourth-order valence-corrected chi connectivity index (χ4v) is 2.07. The molecule has 9 heteroatoms. The van der Waals surface area contributed by atoms with Gasteiger partial charge in [-0.15, -0.1) is 0 Å². The van der Waals surface area contributed by atoms with Crippen LogP contribution in [0, 0.1) is 0 Å². The molecule has 2 aromatic heterocycles. The summed E-state index contributed by atoms with van der Waals surface area (Å²) in [5.74, 6) is 0.288. The maximum Gasteiger partial charge on any atom is 0.323 e. The highest BCUT2D eigenvalue weighted by atomic mass is 16.2. The molecule has 9 nitrogen and oxygen atoms in total. The molecule has 0 unspecified atom stereocenters. The first-order chi connectivity index (χ1) is 11.6. The van der Waals surface area contributed by atoms with Gasteiger partial charge >= 0.3 is 6.03 Å². The number of urea groups is 1. The van der Waals surface area contributed by atoms with Crippen LogP contribution in [-0.4, -0.2) is 50.9 Å². The van der Waals surface area contributed by atoms with Crippen molar-refractivity contribution in [3.63, 3.8) is 0 Å². The molecular weight excluding hydrogens is 310 g/mol. The second-order valence-corrected chi connectivity index (χ2v) is 4.94. The molecule has 3 rings (SSSR count). The van der Waals surface area contributed by atoms with E-state index in [4.69, 9.17) is 0 Å². The zero-order valence-corrected chi connectivity index (χ0v) is 13.1. The van der Waals surface area contributed by atoms with Gasteiger partial charge in [0, 0.05) is 26.5 Å². The van der Waals surface area contributed by atoms with Crippen molar-refractivity contribution in [1.82, 2.24) is 30.2 Å². The van der Waals surface area contributed by atoms with Crippen molar-refractivity contribution in [3.05, 3.63) is 42.2 Å². The Balaban J connectivity index is 1.74. The molecule has 0 saturated carbocycles. The molecule has 0 radical (unpaired) electrons. The first-order valence-electron chi connectivity index (χ1n) is 7.12. The van der Waals surface area contributed by atoms with Crippen LogP contribution >= 0.6 is 0 Å². The Labute approximate surface area is 137 Å². The molecule has 24 heavy (non-hydrogen) atoms. The molecule has 122 valence electrons. The van der Waals surface area contributed by atoms with Gasteiger partial charge in [0.05, 0.1) is 16.6 Å². The summed E-state index contributed by atoms with van der Waals surface area (Å²) in [6.07, 6.45) is 2.69. The van der Waals surface area contributed by atoms with Crippen LogP contribution < -0.4 is 10.6 Å². The van der Waals surface area contributed by atoms with Gasteiger partial charge in [0.25, 0.3) is 5.91 Å². The number of nitrogens with one attached hydrogen (secondary N) is 3. The second kappa shape index (κ2) is 6.32. The molecule has 0 aliphatic carbocycles. The lowest BCUT2D eigenvalue weighted by Gasteiger charge is -2.14. The van der Waals surface area contributed by atoms with Crippen LogP contribution in [0.3, 0.4) is 0 Å². The fourth-order valence-electron chi connectivity index (χ4n) is 2.07. The number of aromatic amines is 1. The number of imidazole rings is 1. The predicted octanol–water partition coefficient (Wildman–Crippen LogP) is 1.51. The second-order valence-electron chi connectivity index (χ2n) is 4.94. The molecule has 0 fully saturated rings. The molecule has 0 aliphatic heterocycles. The highest BCUT2D eigenvalue weighted by Gasteiger charge is 2.18. The van der Waals surface area contributed by atoms with Crippen LogP contribution in [0.5, 0.6) is 0 Å². The number of fused-ring (bicyclic) bond motifs is 1. The van der Waals surface area contributed by atoms with Gasteiger partial charge in [0.2, 0.25) is 11.9 Å². The van der Waals surface area contributed by atoms with E-state index in [1.165, 1.54) is 26.5 Å². The maximum absolute atomic E-state index is 12.1. The van der Waals surface area contributed by atoms with Gasteiger partial charge in [-0.05, 0) is 12.1 Å². The first-order valence-corrected chi connectivity index (χ1v) is 7.12. The van der Waals surface area contributed by atoms with Crippen LogP contribution in [0.4, 0.5) is 16.7 Å². The average Bonchev–Trinajstić information content (AvgIpc) is 3.02. The summed E-state index contributed by atoms with van der Waals surface area (Å²) in [6.45, 7) is 0. The average molecular weight is 325 g/mol. The van der Waals surface area contributed by atoms with Crippen molar-refractivity contribution in [2.24, 2.45) is 0 Å². The summed E-state index contributed by atoms with van der Waals surface area (Å²) in [7, 11) is 2.82. The normalized spacial score (nSPS) is 10.4. The molecule has 3 amide bonds. The Morgan fingerprint density at radius 1 is 1.17 bits per heavy atom. The molecule has 2 heterocycles. The lowest BCUT2D eigenvalue weighted by atomic mass is 10.3. The van der Waals surface area contributed by atoms with E-state index in [2.05, 4.69) is 30.6 Å². The third kappa shape index (κ3) is 3.00. The number of rotatable bonds is 3. The van der Waals surface area contributed by atoms with E-state index in [1.54, 1.807) is 0 Å². The van der Waals surface area contributed by atoms with Crippen molar-refractivity contribution in [1.29, 1.82) is 0 Å². The van der Waals surface area contributed by atoms with E-state index < -0.39 is 11.9 Å². The highest BCUT2D eigenvalue weighted by Crippen LogP contribution is 2.15. The number of carbonyl (C=O) groups excluding carboxylic acids is 2. The summed E-state index contributed by atoms with van der Waals surface area (Å²) < 4.78 is 0. The molecule has 3 aromatic rings. The number of H-pyrrole nitrogens is 1. The predicted molar refractivity (Wildman–Crippen MR) is 88.0 cm³/mol. The number of amides is 3. The Hall–Kier alpha value is -3.49. The van der Waals surface area contributed by atoms with Crippen LogP contribution in [0.1, 0.15) is 10.4 Å². The zero-order chi connectivity index (χ0) is 17.1. The summed E-state index contributed by atoms with van der Waals surface area (Å²) in [5.41, 5.74) is 1.91. The standard InChI is InChI=1S/C15H15N7O2/c1-16-15(24)22(2)12(23)9-7-17-13(18-8-9)21-14-19-10-5-3-4-6-11(10)20-14/h3-8H,1-2H3,(H,16,24)(H2,17,18,19,20,21). The number of hydrogen-bond donors (Lipinski definition) is 3. The smallest absolute Gasteiger partial charge is 0.323 e. The minimum Gasteiger partial charge on any atom is -0.341 e. The van der Waals surface area contributed by atoms with Crippen LogP contribution in [0.25, 0.3) is 11.0 Å². The summed E-state index contributed by atoms with van der Waals surface area (Å²) in [5, 5.41) is 5.30. The van der Waals surface area contributed by atoms with Crippen molar-refractivity contribution in [3.8, 4) is 0 Å². The third-order valence-electron chi connectivity index (χ3n) is 3.34. The maximum atomic E-state index is 12.1. The van der Waals surface area contributed by atoms with Crippen molar-refractivity contribution >= 4 is 34.9 Å². The number of benzene rings is 1. The van der Waals surface area contributed by atoms with Gasteiger partial charge < -0.3 is 10.3 Å². The minimum atomic E-state index is -0.510. The number of para-hydroxylation sites is 2. The van der Waals surface area contributed by atoms with E-state index in [1.807, 2.05) is 24.3 Å². The van der Waals surface area contributed by atoms with Crippen molar-refractivity contribution in [2.45, 2.75) is 0 Å². The topological polar surface area (TPSA) is 116 Å².